The molecule has 2 rings (SSSR count). The summed E-state index contributed by atoms with van der Waals surface area (Å²) in [5.41, 5.74) is 4.54. The van der Waals surface area contributed by atoms with Gasteiger partial charge in [-0.15, -0.1) is 0 Å². The Balaban J connectivity index is 1.94. The molecule has 8 heteroatoms. The van der Waals surface area contributed by atoms with E-state index in [-0.39, 0.29) is 28.1 Å². The van der Waals surface area contributed by atoms with Crippen LogP contribution in [0.3, 0.4) is 0 Å². The molecule has 0 bridgehead atoms. The van der Waals surface area contributed by atoms with Crippen molar-refractivity contribution in [1.82, 2.24) is 10.9 Å². The molecule has 1 aromatic rings. The Kier molecular flexibility index (Phi) is 5.32. The summed E-state index contributed by atoms with van der Waals surface area (Å²) in [5.74, 6) is -0.906. The fraction of sp³-hybridized carbons (Fsp3) is 0.429. The largest absolute Gasteiger partial charge is 0.273 e. The molecule has 0 aromatic heterocycles. The zero-order chi connectivity index (χ0) is 16.1. The fourth-order valence-electron chi connectivity index (χ4n) is 2.45. The van der Waals surface area contributed by atoms with E-state index in [1.807, 2.05) is 0 Å². The predicted octanol–water partition coefficient (Wildman–Crippen LogP) is 2.59. The Hall–Kier alpha value is -2.15. The molecular weight excluding hydrogens is 310 g/mol. The summed E-state index contributed by atoms with van der Waals surface area (Å²) in [5, 5.41) is 10.6. The van der Waals surface area contributed by atoms with E-state index in [1.165, 1.54) is 12.1 Å². The van der Waals surface area contributed by atoms with Gasteiger partial charge in [-0.05, 0) is 18.9 Å². The van der Waals surface area contributed by atoms with Gasteiger partial charge in [0.05, 0.1) is 15.5 Å². The summed E-state index contributed by atoms with van der Waals surface area (Å²) in [7, 11) is 0. The van der Waals surface area contributed by atoms with Crippen molar-refractivity contribution in [2.24, 2.45) is 5.92 Å². The van der Waals surface area contributed by atoms with Crippen LogP contribution in [0, 0.1) is 16.0 Å². The van der Waals surface area contributed by atoms with Crippen molar-refractivity contribution in [3.05, 3.63) is 38.9 Å². The summed E-state index contributed by atoms with van der Waals surface area (Å²) >= 11 is 5.85. The molecule has 0 heterocycles. The van der Waals surface area contributed by atoms with Gasteiger partial charge in [-0.2, -0.15) is 0 Å². The third-order valence-corrected chi connectivity index (χ3v) is 4.00. The molecule has 0 unspecified atom stereocenters. The van der Waals surface area contributed by atoms with Crippen LogP contribution in [0.15, 0.2) is 18.2 Å². The van der Waals surface area contributed by atoms with E-state index in [0.29, 0.717) is 0 Å². The molecule has 1 aromatic carbocycles. The van der Waals surface area contributed by atoms with Crippen molar-refractivity contribution in [3.63, 3.8) is 0 Å². The first kappa shape index (κ1) is 16.2. The van der Waals surface area contributed by atoms with E-state index in [1.54, 1.807) is 0 Å². The van der Waals surface area contributed by atoms with Gasteiger partial charge in [0.15, 0.2) is 0 Å². The van der Waals surface area contributed by atoms with Gasteiger partial charge in [0.2, 0.25) is 5.91 Å². The summed E-state index contributed by atoms with van der Waals surface area (Å²) in [6, 6.07) is 3.53. The van der Waals surface area contributed by atoms with Crippen LogP contribution < -0.4 is 10.9 Å². The number of benzene rings is 1. The van der Waals surface area contributed by atoms with Crippen molar-refractivity contribution in [2.45, 2.75) is 32.1 Å². The quantitative estimate of drug-likeness (QED) is 0.658. The lowest BCUT2D eigenvalue weighted by molar-refractivity contribution is -0.384. The van der Waals surface area contributed by atoms with Crippen LogP contribution in [0.2, 0.25) is 5.02 Å². The van der Waals surface area contributed by atoms with E-state index in [9.17, 15) is 19.7 Å². The van der Waals surface area contributed by atoms with Crippen LogP contribution in [0.1, 0.15) is 42.5 Å². The lowest BCUT2D eigenvalue weighted by Crippen LogP contribution is -2.45. The minimum Gasteiger partial charge on any atom is -0.273 e. The van der Waals surface area contributed by atoms with Crippen LogP contribution in [0.5, 0.6) is 0 Å². The van der Waals surface area contributed by atoms with Crippen LogP contribution >= 0.6 is 11.6 Å². The molecule has 0 radical (unpaired) electrons. The second-order valence-electron chi connectivity index (χ2n) is 5.20. The second-order valence-corrected chi connectivity index (χ2v) is 5.61. The number of nitro groups is 1. The maximum absolute atomic E-state index is 12.0. The van der Waals surface area contributed by atoms with Gasteiger partial charge in [-0.1, -0.05) is 30.9 Å². The van der Waals surface area contributed by atoms with Crippen molar-refractivity contribution < 1.29 is 14.5 Å². The molecule has 0 spiro atoms. The number of hydrazine groups is 1. The second kappa shape index (κ2) is 7.22. The minimum absolute atomic E-state index is 0.0429. The molecule has 0 atom stereocenters. The van der Waals surface area contributed by atoms with Crippen molar-refractivity contribution in [1.29, 1.82) is 0 Å². The Morgan fingerprint density at radius 3 is 2.45 bits per heavy atom. The lowest BCUT2D eigenvalue weighted by Gasteiger charge is -2.20. The predicted molar refractivity (Wildman–Crippen MR) is 80.3 cm³/mol. The van der Waals surface area contributed by atoms with E-state index in [2.05, 4.69) is 10.9 Å². The zero-order valence-corrected chi connectivity index (χ0v) is 12.6. The van der Waals surface area contributed by atoms with Gasteiger partial charge in [-0.25, -0.2) is 0 Å². The van der Waals surface area contributed by atoms with Gasteiger partial charge in [0.25, 0.3) is 11.6 Å². The number of hydrogen-bond acceptors (Lipinski definition) is 4. The Bertz CT molecular complexity index is 600. The van der Waals surface area contributed by atoms with Crippen LogP contribution in [-0.2, 0) is 4.79 Å². The normalized spacial score (nSPS) is 15.1. The number of nitrogens with one attached hydrogen (secondary N) is 2. The van der Waals surface area contributed by atoms with E-state index >= 15 is 0 Å². The highest BCUT2D eigenvalue weighted by Crippen LogP contribution is 2.24. The zero-order valence-electron chi connectivity index (χ0n) is 11.8. The Labute approximate surface area is 132 Å². The molecule has 1 aliphatic rings. The summed E-state index contributed by atoms with van der Waals surface area (Å²) < 4.78 is 0. The number of nitrogens with zero attached hydrogens (tertiary/aromatic N) is 1. The van der Waals surface area contributed by atoms with Gasteiger partial charge in [0.1, 0.15) is 0 Å². The van der Waals surface area contributed by atoms with E-state index in [0.717, 1.165) is 38.2 Å². The number of halogens is 1. The number of nitro benzene ring substituents is 1. The fourth-order valence-corrected chi connectivity index (χ4v) is 2.71. The molecule has 0 saturated heterocycles. The van der Waals surface area contributed by atoms with E-state index < -0.39 is 10.8 Å². The van der Waals surface area contributed by atoms with Gasteiger partial charge >= 0.3 is 0 Å². The number of carbonyl (C=O) groups excluding carboxylic acids is 2. The molecule has 7 nitrogen and oxygen atoms in total. The van der Waals surface area contributed by atoms with Crippen LogP contribution in [0.4, 0.5) is 5.69 Å². The van der Waals surface area contributed by atoms with E-state index in [4.69, 9.17) is 11.6 Å². The smallest absolute Gasteiger partial charge is 0.271 e. The van der Waals surface area contributed by atoms with Crippen molar-refractivity contribution in [2.75, 3.05) is 0 Å². The maximum atomic E-state index is 12.0. The average Bonchev–Trinajstić information content (AvgIpc) is 2.52. The molecule has 22 heavy (non-hydrogen) atoms. The molecular formula is C14H16ClN3O4. The summed E-state index contributed by atoms with van der Waals surface area (Å²) in [6.45, 7) is 0. The van der Waals surface area contributed by atoms with Gasteiger partial charge in [0, 0.05) is 18.1 Å². The monoisotopic (exact) mass is 325 g/mol. The molecule has 2 N–H and O–H groups in total. The Morgan fingerprint density at radius 2 is 1.86 bits per heavy atom. The molecule has 0 aliphatic heterocycles. The third kappa shape index (κ3) is 3.94. The first-order valence-corrected chi connectivity index (χ1v) is 7.41. The lowest BCUT2D eigenvalue weighted by atomic mass is 9.89. The number of amides is 2. The highest BCUT2D eigenvalue weighted by Gasteiger charge is 2.22. The number of rotatable bonds is 3. The minimum atomic E-state index is -0.607. The number of hydrogen-bond donors (Lipinski definition) is 2. The summed E-state index contributed by atoms with van der Waals surface area (Å²) in [6.07, 6.45) is 4.80. The first-order valence-electron chi connectivity index (χ1n) is 7.03. The Morgan fingerprint density at radius 1 is 1.18 bits per heavy atom. The molecule has 1 aliphatic carbocycles. The van der Waals surface area contributed by atoms with Gasteiger partial charge in [-0.3, -0.25) is 30.6 Å². The van der Waals surface area contributed by atoms with Gasteiger partial charge < -0.3 is 0 Å². The SMILES string of the molecule is O=C(NNC(=O)C1CCCCC1)c1ccc([N+](=O)[O-])cc1Cl. The molecule has 1 fully saturated rings. The summed E-state index contributed by atoms with van der Waals surface area (Å²) in [4.78, 5) is 33.9. The average molecular weight is 326 g/mol. The topological polar surface area (TPSA) is 101 Å². The number of non-ortho nitro benzene ring substituents is 1. The van der Waals surface area contributed by atoms with Crippen molar-refractivity contribution >= 4 is 29.1 Å². The van der Waals surface area contributed by atoms with Crippen molar-refractivity contribution in [3.8, 4) is 0 Å². The van der Waals surface area contributed by atoms with Crippen LogP contribution in [-0.4, -0.2) is 16.7 Å². The van der Waals surface area contributed by atoms with Crippen LogP contribution in [0.25, 0.3) is 0 Å². The molecule has 1 saturated carbocycles. The maximum Gasteiger partial charge on any atom is 0.271 e. The molecule has 118 valence electrons. The first-order chi connectivity index (χ1) is 10.5. The highest BCUT2D eigenvalue weighted by molar-refractivity contribution is 6.34. The highest BCUT2D eigenvalue weighted by atomic mass is 35.5. The molecule has 2 amide bonds. The standard InChI is InChI=1S/C14H16ClN3O4/c15-12-8-10(18(21)22)6-7-11(12)14(20)17-16-13(19)9-4-2-1-3-5-9/h6-9H,1-5H2,(H,16,19)(H,17,20). The number of carbonyl (C=O) groups is 2. The third-order valence-electron chi connectivity index (χ3n) is 3.68.